The SMILES string of the molecule is Cc1c(-c2ccc3oc(=O)n(C(C)C)c3c2)nc2ccccn12. The van der Waals surface area contributed by atoms with Crippen LogP contribution in [-0.2, 0) is 0 Å². The summed E-state index contributed by atoms with van der Waals surface area (Å²) in [6.45, 7) is 5.99. The van der Waals surface area contributed by atoms with E-state index in [4.69, 9.17) is 9.40 Å². The standard InChI is InChI=1S/C18H17N3O2/c1-11(2)21-14-10-13(7-8-15(14)23-18(21)22)17-12(3)20-9-5-4-6-16(20)19-17/h4-11H,1-3H3. The average Bonchev–Trinajstić information content (AvgIpc) is 3.03. The molecule has 5 heteroatoms. The highest BCUT2D eigenvalue weighted by atomic mass is 16.4. The van der Waals surface area contributed by atoms with E-state index in [0.717, 1.165) is 28.1 Å². The van der Waals surface area contributed by atoms with E-state index in [2.05, 4.69) is 4.40 Å². The van der Waals surface area contributed by atoms with Crippen molar-refractivity contribution in [3.63, 3.8) is 0 Å². The molecule has 0 saturated heterocycles. The van der Waals surface area contributed by atoms with Crippen molar-refractivity contribution in [2.24, 2.45) is 0 Å². The Labute approximate surface area is 132 Å². The summed E-state index contributed by atoms with van der Waals surface area (Å²) >= 11 is 0. The van der Waals surface area contributed by atoms with E-state index in [-0.39, 0.29) is 11.8 Å². The quantitative estimate of drug-likeness (QED) is 0.566. The molecule has 0 bridgehead atoms. The number of hydrogen-bond acceptors (Lipinski definition) is 3. The third-order valence-electron chi connectivity index (χ3n) is 4.17. The van der Waals surface area contributed by atoms with Crippen molar-refractivity contribution in [2.45, 2.75) is 26.8 Å². The lowest BCUT2D eigenvalue weighted by Gasteiger charge is -2.06. The molecule has 4 aromatic rings. The van der Waals surface area contributed by atoms with Crippen molar-refractivity contribution in [2.75, 3.05) is 0 Å². The molecule has 0 aliphatic carbocycles. The minimum Gasteiger partial charge on any atom is -0.408 e. The lowest BCUT2D eigenvalue weighted by molar-refractivity contribution is 0.478. The number of fused-ring (bicyclic) bond motifs is 2. The second kappa shape index (κ2) is 4.84. The molecule has 0 fully saturated rings. The second-order valence-corrected chi connectivity index (χ2v) is 5.99. The summed E-state index contributed by atoms with van der Waals surface area (Å²) in [4.78, 5) is 16.7. The summed E-state index contributed by atoms with van der Waals surface area (Å²) in [5.74, 6) is -0.320. The van der Waals surface area contributed by atoms with Crippen molar-refractivity contribution in [1.29, 1.82) is 0 Å². The Balaban J connectivity index is 1.99. The van der Waals surface area contributed by atoms with E-state index in [1.807, 2.05) is 63.4 Å². The fraction of sp³-hybridized carbons (Fsp3) is 0.222. The zero-order chi connectivity index (χ0) is 16.1. The summed E-state index contributed by atoms with van der Waals surface area (Å²) in [6, 6.07) is 11.8. The molecule has 0 radical (unpaired) electrons. The molecule has 1 aromatic carbocycles. The van der Waals surface area contributed by atoms with Gasteiger partial charge in [0, 0.05) is 23.5 Å². The molecule has 3 heterocycles. The first kappa shape index (κ1) is 13.8. The van der Waals surface area contributed by atoms with Crippen LogP contribution in [0.2, 0.25) is 0 Å². The van der Waals surface area contributed by atoms with Crippen LogP contribution in [0.25, 0.3) is 28.0 Å². The highest BCUT2D eigenvalue weighted by Gasteiger charge is 2.15. The van der Waals surface area contributed by atoms with Crippen molar-refractivity contribution < 1.29 is 4.42 Å². The molecule has 0 aliphatic rings. The van der Waals surface area contributed by atoms with Crippen LogP contribution in [0.5, 0.6) is 0 Å². The second-order valence-electron chi connectivity index (χ2n) is 5.99. The zero-order valence-corrected chi connectivity index (χ0v) is 13.3. The molecule has 5 nitrogen and oxygen atoms in total. The number of aromatic nitrogens is 3. The minimum absolute atomic E-state index is 0.0427. The number of hydrogen-bond donors (Lipinski definition) is 0. The van der Waals surface area contributed by atoms with Gasteiger partial charge < -0.3 is 8.82 Å². The van der Waals surface area contributed by atoms with Crippen LogP contribution in [0, 0.1) is 6.92 Å². The molecule has 0 spiro atoms. The fourth-order valence-electron chi connectivity index (χ4n) is 3.06. The van der Waals surface area contributed by atoms with Gasteiger partial charge >= 0.3 is 5.76 Å². The molecule has 116 valence electrons. The molecule has 0 amide bonds. The number of nitrogens with zero attached hydrogens (tertiary/aromatic N) is 3. The lowest BCUT2D eigenvalue weighted by Crippen LogP contribution is -2.15. The van der Waals surface area contributed by atoms with Crippen molar-refractivity contribution in [3.8, 4) is 11.3 Å². The van der Waals surface area contributed by atoms with Gasteiger partial charge in [-0.05, 0) is 51.1 Å². The molecule has 23 heavy (non-hydrogen) atoms. The molecule has 0 unspecified atom stereocenters. The Morgan fingerprint density at radius 1 is 1.17 bits per heavy atom. The van der Waals surface area contributed by atoms with Crippen LogP contribution < -0.4 is 5.76 Å². The van der Waals surface area contributed by atoms with Crippen LogP contribution in [0.1, 0.15) is 25.6 Å². The van der Waals surface area contributed by atoms with Gasteiger partial charge in [-0.1, -0.05) is 6.07 Å². The zero-order valence-electron chi connectivity index (χ0n) is 13.3. The number of benzene rings is 1. The molecule has 0 atom stereocenters. The molecule has 4 rings (SSSR count). The average molecular weight is 307 g/mol. The summed E-state index contributed by atoms with van der Waals surface area (Å²) in [7, 11) is 0. The van der Waals surface area contributed by atoms with Gasteiger partial charge in [-0.3, -0.25) is 4.57 Å². The monoisotopic (exact) mass is 307 g/mol. The third kappa shape index (κ3) is 2.00. The molecule has 3 aromatic heterocycles. The number of imidazole rings is 1. The summed E-state index contributed by atoms with van der Waals surface area (Å²) in [5, 5.41) is 0. The van der Waals surface area contributed by atoms with Gasteiger partial charge in [0.2, 0.25) is 0 Å². The van der Waals surface area contributed by atoms with Crippen LogP contribution in [0.3, 0.4) is 0 Å². The van der Waals surface area contributed by atoms with Crippen LogP contribution in [0.15, 0.2) is 51.8 Å². The number of oxazole rings is 1. The number of aryl methyl sites for hydroxylation is 1. The Bertz CT molecular complexity index is 1080. The first-order valence-electron chi connectivity index (χ1n) is 7.65. The molecule has 0 saturated carbocycles. The Morgan fingerprint density at radius 2 is 2.00 bits per heavy atom. The van der Waals surface area contributed by atoms with Crippen LogP contribution >= 0.6 is 0 Å². The van der Waals surface area contributed by atoms with E-state index in [9.17, 15) is 4.79 Å². The maximum absolute atomic E-state index is 12.0. The summed E-state index contributed by atoms with van der Waals surface area (Å²) < 4.78 is 9.05. The lowest BCUT2D eigenvalue weighted by atomic mass is 10.1. The van der Waals surface area contributed by atoms with Gasteiger partial charge in [0.1, 0.15) is 5.65 Å². The van der Waals surface area contributed by atoms with Gasteiger partial charge in [-0.25, -0.2) is 9.78 Å². The van der Waals surface area contributed by atoms with E-state index in [1.165, 1.54) is 0 Å². The van der Waals surface area contributed by atoms with Crippen molar-refractivity contribution >= 4 is 16.7 Å². The molecule has 0 aliphatic heterocycles. The normalized spacial score (nSPS) is 11.8. The van der Waals surface area contributed by atoms with E-state index < -0.39 is 0 Å². The predicted octanol–water partition coefficient (Wildman–Crippen LogP) is 3.80. The molecular weight excluding hydrogens is 290 g/mol. The van der Waals surface area contributed by atoms with E-state index >= 15 is 0 Å². The van der Waals surface area contributed by atoms with E-state index in [1.54, 1.807) is 4.57 Å². The largest absolute Gasteiger partial charge is 0.420 e. The third-order valence-corrected chi connectivity index (χ3v) is 4.17. The van der Waals surface area contributed by atoms with Gasteiger partial charge in [0.15, 0.2) is 5.58 Å². The van der Waals surface area contributed by atoms with Gasteiger partial charge in [0.05, 0.1) is 11.2 Å². The smallest absolute Gasteiger partial charge is 0.408 e. The number of pyridine rings is 1. The maximum atomic E-state index is 12.0. The minimum atomic E-state index is -0.320. The Morgan fingerprint density at radius 3 is 2.74 bits per heavy atom. The first-order valence-corrected chi connectivity index (χ1v) is 7.65. The van der Waals surface area contributed by atoms with Crippen molar-refractivity contribution in [1.82, 2.24) is 14.0 Å². The Kier molecular flexibility index (Phi) is 2.91. The van der Waals surface area contributed by atoms with Gasteiger partial charge in [-0.15, -0.1) is 0 Å². The van der Waals surface area contributed by atoms with Crippen LogP contribution in [0.4, 0.5) is 0 Å². The summed E-state index contributed by atoms with van der Waals surface area (Å²) in [5.41, 5.74) is 5.29. The van der Waals surface area contributed by atoms with Gasteiger partial charge in [-0.2, -0.15) is 0 Å². The topological polar surface area (TPSA) is 52.4 Å². The molecule has 0 N–H and O–H groups in total. The van der Waals surface area contributed by atoms with Crippen molar-refractivity contribution in [3.05, 3.63) is 58.8 Å². The van der Waals surface area contributed by atoms with Gasteiger partial charge in [0.25, 0.3) is 0 Å². The van der Waals surface area contributed by atoms with E-state index in [0.29, 0.717) is 5.58 Å². The number of rotatable bonds is 2. The summed E-state index contributed by atoms with van der Waals surface area (Å²) in [6.07, 6.45) is 2.00. The fourth-order valence-corrected chi connectivity index (χ4v) is 3.06. The predicted molar refractivity (Wildman–Crippen MR) is 89.8 cm³/mol. The highest BCUT2D eigenvalue weighted by molar-refractivity contribution is 5.81. The molecular formula is C18H17N3O2. The maximum Gasteiger partial charge on any atom is 0.420 e. The first-order chi connectivity index (χ1) is 11.1. The van der Waals surface area contributed by atoms with Crippen LogP contribution in [-0.4, -0.2) is 14.0 Å². The highest BCUT2D eigenvalue weighted by Crippen LogP contribution is 2.27. The Hall–Kier alpha value is -2.82.